The van der Waals surface area contributed by atoms with E-state index in [1.807, 2.05) is 0 Å². The number of carbonyl (C=O) groups is 1. The van der Waals surface area contributed by atoms with Gasteiger partial charge in [0.2, 0.25) is 0 Å². The van der Waals surface area contributed by atoms with Gasteiger partial charge in [-0.2, -0.15) is 4.99 Å². The molecule has 0 unspecified atom stereocenters. The maximum atomic E-state index is 10.9. The Bertz CT molecular complexity index is 349. The summed E-state index contributed by atoms with van der Waals surface area (Å²) in [7, 11) is 0. The molecule has 5 nitrogen and oxygen atoms in total. The smallest absolute Gasteiger partial charge is 0.294 e. The molecule has 0 atom stereocenters. The van der Waals surface area contributed by atoms with Gasteiger partial charge in [0.25, 0.3) is 5.91 Å². The SMILES string of the molecule is O=C1N=CN/C1=C\c1c[nH]cn1. The van der Waals surface area contributed by atoms with Gasteiger partial charge in [-0.05, 0) is 6.08 Å². The minimum Gasteiger partial charge on any atom is -0.351 e. The number of hydrogen-bond donors (Lipinski definition) is 2. The fourth-order valence-corrected chi connectivity index (χ4v) is 0.894. The summed E-state index contributed by atoms with van der Waals surface area (Å²) in [6, 6.07) is 0. The van der Waals surface area contributed by atoms with E-state index in [4.69, 9.17) is 0 Å². The van der Waals surface area contributed by atoms with Gasteiger partial charge in [0.15, 0.2) is 0 Å². The Labute approximate surface area is 68.2 Å². The number of amides is 1. The third-order valence-electron chi connectivity index (χ3n) is 1.44. The summed E-state index contributed by atoms with van der Waals surface area (Å²) < 4.78 is 0. The van der Waals surface area contributed by atoms with E-state index in [0.29, 0.717) is 11.4 Å². The highest BCUT2D eigenvalue weighted by Crippen LogP contribution is 2.04. The Hall–Kier alpha value is -1.91. The van der Waals surface area contributed by atoms with E-state index in [-0.39, 0.29) is 5.91 Å². The van der Waals surface area contributed by atoms with Crippen molar-refractivity contribution in [1.82, 2.24) is 15.3 Å². The van der Waals surface area contributed by atoms with Crippen LogP contribution in [0, 0.1) is 0 Å². The van der Waals surface area contributed by atoms with Crippen LogP contribution in [-0.4, -0.2) is 22.2 Å². The fourth-order valence-electron chi connectivity index (χ4n) is 0.894. The summed E-state index contributed by atoms with van der Waals surface area (Å²) in [6.07, 6.45) is 6.24. The average Bonchev–Trinajstić information content (AvgIpc) is 2.65. The van der Waals surface area contributed by atoms with Crippen molar-refractivity contribution in [2.75, 3.05) is 0 Å². The molecule has 0 fully saturated rings. The zero-order valence-corrected chi connectivity index (χ0v) is 6.11. The molecule has 1 aliphatic rings. The number of nitrogens with one attached hydrogen (secondary N) is 2. The van der Waals surface area contributed by atoms with Gasteiger partial charge in [0.1, 0.15) is 5.70 Å². The lowest BCUT2D eigenvalue weighted by Gasteiger charge is -1.90. The van der Waals surface area contributed by atoms with Crippen LogP contribution in [0.25, 0.3) is 6.08 Å². The highest BCUT2D eigenvalue weighted by molar-refractivity contribution is 6.07. The fraction of sp³-hybridized carbons (Fsp3) is 0. The normalized spacial score (nSPS) is 18.7. The van der Waals surface area contributed by atoms with Crippen molar-refractivity contribution in [1.29, 1.82) is 0 Å². The Morgan fingerprint density at radius 2 is 2.42 bits per heavy atom. The first-order valence-corrected chi connectivity index (χ1v) is 3.40. The molecule has 2 rings (SSSR count). The molecule has 1 amide bonds. The third kappa shape index (κ3) is 1.12. The van der Waals surface area contributed by atoms with Crippen molar-refractivity contribution in [3.63, 3.8) is 0 Å². The molecule has 2 heterocycles. The van der Waals surface area contributed by atoms with E-state index in [0.717, 1.165) is 0 Å². The molecule has 2 N–H and O–H groups in total. The van der Waals surface area contributed by atoms with Crippen LogP contribution >= 0.6 is 0 Å². The molecule has 0 aliphatic carbocycles. The number of nitrogens with zero attached hydrogens (tertiary/aromatic N) is 2. The van der Waals surface area contributed by atoms with E-state index in [1.165, 1.54) is 6.34 Å². The summed E-state index contributed by atoms with van der Waals surface area (Å²) in [4.78, 5) is 21.2. The number of imidazole rings is 1. The number of H-pyrrole nitrogens is 1. The first kappa shape index (κ1) is 6.78. The second-order valence-corrected chi connectivity index (χ2v) is 2.26. The largest absolute Gasteiger partial charge is 0.351 e. The van der Waals surface area contributed by atoms with Crippen LogP contribution in [0.15, 0.2) is 23.2 Å². The van der Waals surface area contributed by atoms with Gasteiger partial charge >= 0.3 is 0 Å². The standard InChI is InChI=1S/C7H6N4O/c12-7-6(10-4-11-7)1-5-2-8-3-9-5/h1-4H,(H,8,9)(H,10,11,12)/b6-1-. The van der Waals surface area contributed by atoms with Crippen molar-refractivity contribution >= 4 is 18.3 Å². The van der Waals surface area contributed by atoms with Crippen LogP contribution < -0.4 is 5.32 Å². The molecule has 0 aromatic carbocycles. The lowest BCUT2D eigenvalue weighted by Crippen LogP contribution is -2.07. The first-order valence-electron chi connectivity index (χ1n) is 3.40. The highest BCUT2D eigenvalue weighted by atomic mass is 16.1. The number of carbonyl (C=O) groups excluding carboxylic acids is 1. The van der Waals surface area contributed by atoms with Crippen LogP contribution in [0.1, 0.15) is 5.69 Å². The van der Waals surface area contributed by atoms with Crippen LogP contribution in [0.2, 0.25) is 0 Å². The average molecular weight is 162 g/mol. The molecule has 12 heavy (non-hydrogen) atoms. The van der Waals surface area contributed by atoms with E-state index in [2.05, 4.69) is 20.3 Å². The molecule has 0 saturated heterocycles. The molecule has 60 valence electrons. The quantitative estimate of drug-likeness (QED) is 0.567. The van der Waals surface area contributed by atoms with E-state index < -0.39 is 0 Å². The van der Waals surface area contributed by atoms with E-state index in [1.54, 1.807) is 18.6 Å². The maximum Gasteiger partial charge on any atom is 0.294 e. The Morgan fingerprint density at radius 3 is 3.00 bits per heavy atom. The highest BCUT2D eigenvalue weighted by Gasteiger charge is 2.11. The number of hydrogen-bond acceptors (Lipinski definition) is 3. The molecule has 0 radical (unpaired) electrons. The lowest BCUT2D eigenvalue weighted by molar-refractivity contribution is -0.114. The number of aromatic nitrogens is 2. The molecule has 0 bridgehead atoms. The molecule has 1 aliphatic heterocycles. The molecule has 0 saturated carbocycles. The molecular formula is C7H6N4O. The van der Waals surface area contributed by atoms with Gasteiger partial charge in [-0.25, -0.2) is 4.98 Å². The van der Waals surface area contributed by atoms with Crippen molar-refractivity contribution in [2.45, 2.75) is 0 Å². The summed E-state index contributed by atoms with van der Waals surface area (Å²) in [5, 5.41) is 2.71. The Balaban J connectivity index is 2.26. The number of aromatic amines is 1. The van der Waals surface area contributed by atoms with Crippen LogP contribution in [0.5, 0.6) is 0 Å². The number of aliphatic imine (C=N–C) groups is 1. The molecule has 5 heteroatoms. The number of rotatable bonds is 1. The van der Waals surface area contributed by atoms with Gasteiger partial charge in [-0.1, -0.05) is 0 Å². The van der Waals surface area contributed by atoms with Crippen LogP contribution in [0.3, 0.4) is 0 Å². The second-order valence-electron chi connectivity index (χ2n) is 2.26. The zero-order valence-electron chi connectivity index (χ0n) is 6.11. The second kappa shape index (κ2) is 2.61. The van der Waals surface area contributed by atoms with Gasteiger partial charge in [-0.15, -0.1) is 0 Å². The van der Waals surface area contributed by atoms with E-state index in [9.17, 15) is 4.79 Å². The maximum absolute atomic E-state index is 10.9. The predicted octanol–water partition coefficient (Wildman–Crippen LogP) is -0.0913. The van der Waals surface area contributed by atoms with E-state index >= 15 is 0 Å². The minimum atomic E-state index is -0.266. The van der Waals surface area contributed by atoms with Gasteiger partial charge in [0, 0.05) is 6.20 Å². The summed E-state index contributed by atoms with van der Waals surface area (Å²) in [5.74, 6) is -0.266. The van der Waals surface area contributed by atoms with Gasteiger partial charge in [-0.3, -0.25) is 4.79 Å². The van der Waals surface area contributed by atoms with Crippen LogP contribution in [0.4, 0.5) is 0 Å². The molecule has 0 spiro atoms. The molecular weight excluding hydrogens is 156 g/mol. The monoisotopic (exact) mass is 162 g/mol. The van der Waals surface area contributed by atoms with Gasteiger partial charge in [0.05, 0.1) is 18.4 Å². The van der Waals surface area contributed by atoms with Crippen molar-refractivity contribution in [3.05, 3.63) is 23.9 Å². The molecule has 1 aromatic heterocycles. The van der Waals surface area contributed by atoms with Crippen molar-refractivity contribution in [3.8, 4) is 0 Å². The third-order valence-corrected chi connectivity index (χ3v) is 1.44. The minimum absolute atomic E-state index is 0.266. The summed E-state index contributed by atoms with van der Waals surface area (Å²) >= 11 is 0. The predicted molar refractivity (Wildman–Crippen MR) is 43.2 cm³/mol. The summed E-state index contributed by atoms with van der Waals surface area (Å²) in [6.45, 7) is 0. The van der Waals surface area contributed by atoms with Crippen LogP contribution in [-0.2, 0) is 4.79 Å². The molecule has 1 aromatic rings. The zero-order chi connectivity index (χ0) is 8.39. The Kier molecular flexibility index (Phi) is 1.48. The summed E-state index contributed by atoms with van der Waals surface area (Å²) in [5.41, 5.74) is 1.15. The lowest BCUT2D eigenvalue weighted by atomic mass is 10.3. The van der Waals surface area contributed by atoms with Crippen molar-refractivity contribution in [2.24, 2.45) is 4.99 Å². The first-order chi connectivity index (χ1) is 5.86. The van der Waals surface area contributed by atoms with Crippen molar-refractivity contribution < 1.29 is 4.79 Å². The Morgan fingerprint density at radius 1 is 1.50 bits per heavy atom. The van der Waals surface area contributed by atoms with Gasteiger partial charge < -0.3 is 10.3 Å². The topological polar surface area (TPSA) is 70.1 Å².